The summed E-state index contributed by atoms with van der Waals surface area (Å²) in [7, 11) is 0. The first-order chi connectivity index (χ1) is 8.97. The van der Waals surface area contributed by atoms with Crippen LogP contribution < -0.4 is 5.32 Å². The summed E-state index contributed by atoms with van der Waals surface area (Å²) in [5.41, 5.74) is -0.745. The van der Waals surface area contributed by atoms with Crippen molar-refractivity contribution in [3.63, 3.8) is 0 Å². The minimum atomic E-state index is -1.40. The third-order valence-electron chi connectivity index (χ3n) is 2.13. The molecule has 0 bridgehead atoms. The van der Waals surface area contributed by atoms with Gasteiger partial charge >= 0.3 is 5.97 Å². The van der Waals surface area contributed by atoms with Crippen LogP contribution in [0.5, 0.6) is 0 Å². The number of nitrogens with one attached hydrogen (secondary N) is 1. The molecule has 1 amide bonds. The highest BCUT2D eigenvalue weighted by molar-refractivity contribution is 6.03. The smallest absolute Gasteiger partial charge is 0.374 e. The number of hydrogen-bond acceptors (Lipinski definition) is 4. The van der Waals surface area contributed by atoms with Gasteiger partial charge in [0.05, 0.1) is 5.69 Å². The quantitative estimate of drug-likeness (QED) is 0.886. The largest absolute Gasteiger partial charge is 0.475 e. The Balaban J connectivity index is 2.20. The van der Waals surface area contributed by atoms with Crippen LogP contribution in [0, 0.1) is 11.6 Å². The third-order valence-corrected chi connectivity index (χ3v) is 2.13. The van der Waals surface area contributed by atoms with Crippen LogP contribution in [-0.4, -0.2) is 22.1 Å². The fraction of sp³-hybridized carbons (Fsp3) is 0. The zero-order valence-corrected chi connectivity index (χ0v) is 9.18. The molecule has 1 heterocycles. The number of carboxylic acids is 1. The Kier molecular flexibility index (Phi) is 3.23. The lowest BCUT2D eigenvalue weighted by molar-refractivity contribution is 0.0651. The second-order valence-electron chi connectivity index (χ2n) is 3.46. The molecule has 2 N–H and O–H groups in total. The normalized spacial score (nSPS) is 10.2. The lowest BCUT2D eigenvalue weighted by Gasteiger charge is -2.03. The van der Waals surface area contributed by atoms with Crippen LogP contribution in [-0.2, 0) is 0 Å². The van der Waals surface area contributed by atoms with Crippen molar-refractivity contribution in [2.75, 3.05) is 5.32 Å². The van der Waals surface area contributed by atoms with Gasteiger partial charge in [-0.2, -0.15) is 0 Å². The average molecular weight is 268 g/mol. The summed E-state index contributed by atoms with van der Waals surface area (Å²) in [5, 5.41) is 13.8. The number of carbonyl (C=O) groups excluding carboxylic acids is 1. The van der Waals surface area contributed by atoms with Gasteiger partial charge in [0.15, 0.2) is 5.69 Å². The number of carboxylic acid groups (broad SMARTS) is 1. The van der Waals surface area contributed by atoms with Crippen molar-refractivity contribution in [1.82, 2.24) is 5.16 Å². The van der Waals surface area contributed by atoms with Crippen LogP contribution in [0.3, 0.4) is 0 Å². The van der Waals surface area contributed by atoms with Crippen molar-refractivity contribution in [1.29, 1.82) is 0 Å². The molecule has 0 saturated carbocycles. The van der Waals surface area contributed by atoms with Crippen LogP contribution in [0.25, 0.3) is 0 Å². The Morgan fingerprint density at radius 2 is 2.00 bits per heavy atom. The fourth-order valence-corrected chi connectivity index (χ4v) is 1.26. The predicted molar refractivity (Wildman–Crippen MR) is 57.8 cm³/mol. The summed E-state index contributed by atoms with van der Waals surface area (Å²) in [6, 6.07) is 3.39. The van der Waals surface area contributed by atoms with E-state index in [2.05, 4.69) is 15.0 Å². The zero-order valence-electron chi connectivity index (χ0n) is 9.18. The van der Waals surface area contributed by atoms with E-state index < -0.39 is 29.3 Å². The molecule has 19 heavy (non-hydrogen) atoms. The summed E-state index contributed by atoms with van der Waals surface area (Å²) in [5.74, 6) is -4.42. The van der Waals surface area contributed by atoms with Crippen molar-refractivity contribution in [3.05, 3.63) is 47.4 Å². The van der Waals surface area contributed by atoms with Gasteiger partial charge in [-0.3, -0.25) is 4.79 Å². The minimum absolute atomic E-state index is 0.360. The van der Waals surface area contributed by atoms with E-state index in [1.165, 1.54) is 0 Å². The molecule has 0 atom stereocenters. The Hall–Kier alpha value is -2.77. The molecule has 0 aliphatic carbocycles. The topological polar surface area (TPSA) is 92.4 Å². The van der Waals surface area contributed by atoms with E-state index in [4.69, 9.17) is 5.11 Å². The van der Waals surface area contributed by atoms with Crippen LogP contribution in [0.2, 0.25) is 0 Å². The minimum Gasteiger partial charge on any atom is -0.475 e. The highest BCUT2D eigenvalue weighted by atomic mass is 19.1. The summed E-state index contributed by atoms with van der Waals surface area (Å²) in [6.07, 6.45) is 0. The van der Waals surface area contributed by atoms with Crippen LogP contribution >= 0.6 is 0 Å². The highest BCUT2D eigenvalue weighted by Crippen LogP contribution is 2.16. The Labute approximate surface area is 104 Å². The number of hydrogen-bond donors (Lipinski definition) is 2. The van der Waals surface area contributed by atoms with Gasteiger partial charge in [-0.25, -0.2) is 13.6 Å². The Morgan fingerprint density at radius 3 is 2.63 bits per heavy atom. The van der Waals surface area contributed by atoms with Crippen LogP contribution in [0.1, 0.15) is 21.0 Å². The molecule has 98 valence electrons. The monoisotopic (exact) mass is 268 g/mol. The van der Waals surface area contributed by atoms with Crippen LogP contribution in [0.4, 0.5) is 14.5 Å². The number of halogens is 2. The average Bonchev–Trinajstić information content (AvgIpc) is 2.83. The van der Waals surface area contributed by atoms with Crippen molar-refractivity contribution in [2.24, 2.45) is 0 Å². The molecule has 0 aliphatic heterocycles. The van der Waals surface area contributed by atoms with E-state index >= 15 is 0 Å². The third kappa shape index (κ3) is 2.73. The summed E-state index contributed by atoms with van der Waals surface area (Å²) in [6.45, 7) is 0. The maximum Gasteiger partial charge on any atom is 0.374 e. The molecular weight excluding hydrogens is 262 g/mol. The highest BCUT2D eigenvalue weighted by Gasteiger charge is 2.17. The molecule has 6 nitrogen and oxygen atoms in total. The molecule has 1 aromatic heterocycles. The number of anilines is 1. The lowest BCUT2D eigenvalue weighted by atomic mass is 10.2. The van der Waals surface area contributed by atoms with Gasteiger partial charge in [0.1, 0.15) is 11.6 Å². The maximum atomic E-state index is 13.3. The van der Waals surface area contributed by atoms with E-state index in [0.29, 0.717) is 0 Å². The molecule has 2 rings (SSSR count). The van der Waals surface area contributed by atoms with E-state index in [0.717, 1.165) is 24.3 Å². The molecule has 0 unspecified atom stereocenters. The van der Waals surface area contributed by atoms with Crippen molar-refractivity contribution in [3.8, 4) is 0 Å². The first-order valence-electron chi connectivity index (χ1n) is 4.94. The van der Waals surface area contributed by atoms with Gasteiger partial charge in [-0.15, -0.1) is 0 Å². The Bertz CT molecular complexity index is 654. The van der Waals surface area contributed by atoms with Crippen molar-refractivity contribution < 1.29 is 28.0 Å². The molecule has 2 aromatic rings. The number of benzene rings is 1. The van der Waals surface area contributed by atoms with E-state index in [1.54, 1.807) is 0 Å². The van der Waals surface area contributed by atoms with E-state index in [-0.39, 0.29) is 11.4 Å². The van der Waals surface area contributed by atoms with Crippen molar-refractivity contribution >= 4 is 17.6 Å². The first kappa shape index (κ1) is 12.7. The molecule has 0 fully saturated rings. The van der Waals surface area contributed by atoms with Crippen molar-refractivity contribution in [2.45, 2.75) is 0 Å². The number of carbonyl (C=O) groups is 2. The molecular formula is C11H6F2N2O4. The number of rotatable bonds is 3. The second-order valence-corrected chi connectivity index (χ2v) is 3.46. The van der Waals surface area contributed by atoms with Gasteiger partial charge < -0.3 is 14.9 Å². The molecule has 0 aliphatic rings. The lowest BCUT2D eigenvalue weighted by Crippen LogP contribution is -2.13. The van der Waals surface area contributed by atoms with Gasteiger partial charge in [0.2, 0.25) is 5.76 Å². The maximum absolute atomic E-state index is 13.3. The first-order valence-corrected chi connectivity index (χ1v) is 4.94. The number of aromatic nitrogens is 1. The number of amides is 1. The predicted octanol–water partition coefficient (Wildman–Crippen LogP) is 1.90. The molecule has 0 saturated heterocycles. The molecule has 1 aromatic carbocycles. The van der Waals surface area contributed by atoms with Crippen LogP contribution in [0.15, 0.2) is 28.8 Å². The van der Waals surface area contributed by atoms with Gasteiger partial charge in [0.25, 0.3) is 5.91 Å². The van der Waals surface area contributed by atoms with Gasteiger partial charge in [0, 0.05) is 12.1 Å². The van der Waals surface area contributed by atoms with E-state index in [1.807, 2.05) is 0 Å². The SMILES string of the molecule is O=C(Nc1cc(F)ccc1F)c1cc(C(=O)O)on1. The summed E-state index contributed by atoms with van der Waals surface area (Å²) in [4.78, 5) is 22.1. The molecule has 0 radical (unpaired) electrons. The Morgan fingerprint density at radius 1 is 1.26 bits per heavy atom. The second kappa shape index (κ2) is 4.84. The van der Waals surface area contributed by atoms with E-state index in [9.17, 15) is 18.4 Å². The summed E-state index contributed by atoms with van der Waals surface area (Å²) >= 11 is 0. The number of aromatic carboxylic acids is 1. The summed E-state index contributed by atoms with van der Waals surface area (Å²) < 4.78 is 30.5. The zero-order chi connectivity index (χ0) is 14.0. The number of nitrogens with zero attached hydrogens (tertiary/aromatic N) is 1. The van der Waals surface area contributed by atoms with Gasteiger partial charge in [-0.1, -0.05) is 5.16 Å². The fourth-order valence-electron chi connectivity index (χ4n) is 1.26. The molecule has 8 heteroatoms. The molecule has 0 spiro atoms. The standard InChI is InChI=1S/C11H6F2N2O4/c12-5-1-2-6(13)7(3-5)14-10(16)8-4-9(11(17)18)19-15-8/h1-4H,(H,14,16)(H,17,18). The van der Waals surface area contributed by atoms with Gasteiger partial charge in [-0.05, 0) is 12.1 Å².